The number of nitrogens with zero attached hydrogens (tertiary/aromatic N) is 4. The van der Waals surface area contributed by atoms with Crippen molar-refractivity contribution in [3.63, 3.8) is 0 Å². The van der Waals surface area contributed by atoms with Crippen LogP contribution in [0, 0.1) is 29.6 Å². The lowest BCUT2D eigenvalue weighted by molar-refractivity contribution is -0.130. The molecule has 0 saturated carbocycles. The maximum atomic E-state index is 14.2. The largest absolute Gasteiger partial charge is 0.352 e. The Kier molecular flexibility index (Phi) is 53.5. The first-order valence-corrected chi connectivity index (χ1v) is 53.3. The Hall–Kier alpha value is -9.46. The van der Waals surface area contributed by atoms with Gasteiger partial charge in [0.05, 0.1) is 54.7 Å². The lowest BCUT2D eigenvalue weighted by Crippen LogP contribution is -2.52. The highest BCUT2D eigenvalue weighted by Gasteiger charge is 2.36. The van der Waals surface area contributed by atoms with E-state index in [-0.39, 0.29) is 161 Å². The van der Waals surface area contributed by atoms with Gasteiger partial charge in [-0.2, -0.15) is 12.9 Å². The second-order valence-electron chi connectivity index (χ2n) is 35.0. The Morgan fingerprint density at radius 1 is 0.343 bits per heavy atom. The third kappa shape index (κ3) is 45.5. The summed E-state index contributed by atoms with van der Waals surface area (Å²) >= 11 is 0. The first kappa shape index (κ1) is 115. The number of nitrogens with one attached hydrogen (secondary N) is 4. The summed E-state index contributed by atoms with van der Waals surface area (Å²) in [6, 6.07) is 62.6. The van der Waals surface area contributed by atoms with E-state index < -0.39 is 94.3 Å². The number of nitrogens with two attached hydrogens (primary N) is 5. The summed E-state index contributed by atoms with van der Waals surface area (Å²) in [4.78, 5) is 106. The third-order valence-electron chi connectivity index (χ3n) is 22.7. The molecule has 0 heterocycles. The molecule has 0 aliphatic carbocycles. The predicted molar refractivity (Wildman–Crippen MR) is 533 cm³/mol. The summed E-state index contributed by atoms with van der Waals surface area (Å²) in [5.41, 5.74) is 34.1. The summed E-state index contributed by atoms with van der Waals surface area (Å²) in [6.07, 6.45) is 9.02. The van der Waals surface area contributed by atoms with Crippen LogP contribution in [-0.4, -0.2) is 218 Å². The number of sulfonamides is 4. The van der Waals surface area contributed by atoms with E-state index in [0.717, 1.165) is 51.4 Å². The van der Waals surface area contributed by atoms with Crippen molar-refractivity contribution in [2.75, 3.05) is 96.6 Å². The molecule has 0 aliphatic heterocycles. The van der Waals surface area contributed by atoms with Crippen LogP contribution in [0.15, 0.2) is 212 Å². The number of unbranched alkanes of at least 4 members (excludes halogenated alkanes) is 3. The molecule has 134 heavy (non-hydrogen) atoms. The normalized spacial score (nSPS) is 13.6. The second-order valence-corrected chi connectivity index (χ2v) is 43.1. The molecule has 0 spiro atoms. The number of amides is 4. The van der Waals surface area contributed by atoms with Gasteiger partial charge in [0.15, 0.2) is 11.6 Å². The second kappa shape index (κ2) is 62.3. The highest BCUT2D eigenvalue weighted by molar-refractivity contribution is 7.89. The van der Waals surface area contributed by atoms with Crippen molar-refractivity contribution < 1.29 is 72.0 Å². The smallest absolute Gasteiger partial charge is 0.235 e. The van der Waals surface area contributed by atoms with Crippen LogP contribution in [0.25, 0.3) is 0 Å². The van der Waals surface area contributed by atoms with Crippen molar-refractivity contribution in [3.8, 4) is 0 Å². The molecule has 29 nitrogen and oxygen atoms in total. The molecule has 4 amide bonds. The molecule has 0 fully saturated rings. The zero-order valence-electron chi connectivity index (χ0n) is 79.5. The fourth-order valence-electron chi connectivity index (χ4n) is 16.0. The number of carbonyl (C=O) groups excluding carboxylic acids is 8. The van der Waals surface area contributed by atoms with E-state index in [1.807, 2.05) is 171 Å². The Morgan fingerprint density at radius 2 is 0.731 bits per heavy atom. The van der Waals surface area contributed by atoms with Gasteiger partial charge in [-0.25, -0.2) is 38.0 Å². The molecule has 0 aliphatic rings. The lowest BCUT2D eigenvalue weighted by Gasteiger charge is -2.30. The van der Waals surface area contributed by atoms with Crippen LogP contribution in [0.4, 0.5) is 0 Å². The van der Waals surface area contributed by atoms with Crippen molar-refractivity contribution in [2.45, 2.75) is 200 Å². The zero-order chi connectivity index (χ0) is 98.5. The Morgan fingerprint density at radius 3 is 1.17 bits per heavy atom. The Balaban J connectivity index is 0.000000364. The highest BCUT2D eigenvalue weighted by atomic mass is 32.2. The first-order valence-electron chi connectivity index (χ1n) is 46.9. The molecule has 7 aromatic rings. The number of hydrogen-bond acceptors (Lipinski definition) is 21. The SMILES string of the molecule is CC(=O)CN(CC(CC(=O)C(CCCCN)NC(C)=O)Cc1ccccc1)S(=O)(=O)Cc1ccccc1.CC(C)CC(CCCCN)C(=O)NC(CCCCN)CN(CC(=O)NC(Cc1ccccc1)C(=O)CC(C)Cc1ccccc1)S(=O)(=O)Cc1ccccc1.CCN(CC(=O)CC(Cc1ccccc1)C(=O)NC(Cc1ccccc1)CN(CC)S(=O)(=O)CCN)S(=O)(=O)CCN. The van der Waals surface area contributed by atoms with Gasteiger partial charge in [0.1, 0.15) is 11.6 Å². The summed E-state index contributed by atoms with van der Waals surface area (Å²) in [5, 5.41) is 11.9. The molecule has 8 unspecified atom stereocenters. The van der Waals surface area contributed by atoms with E-state index in [1.54, 1.807) is 62.4 Å². The molecular weight excluding hydrogens is 1780 g/mol. The van der Waals surface area contributed by atoms with Gasteiger partial charge >= 0.3 is 0 Å². The van der Waals surface area contributed by atoms with Crippen molar-refractivity contribution in [3.05, 3.63) is 251 Å². The first-order chi connectivity index (χ1) is 63.9. The molecule has 0 bridgehead atoms. The summed E-state index contributed by atoms with van der Waals surface area (Å²) in [7, 11) is -15.2. The van der Waals surface area contributed by atoms with Crippen LogP contribution in [0.1, 0.15) is 171 Å². The predicted octanol–water partition coefficient (Wildman–Crippen LogP) is 9.40. The van der Waals surface area contributed by atoms with Gasteiger partial charge in [-0.15, -0.1) is 0 Å². The van der Waals surface area contributed by atoms with E-state index in [1.165, 1.54) is 26.8 Å². The molecule has 0 saturated heterocycles. The minimum Gasteiger partial charge on any atom is -0.352 e. The lowest BCUT2D eigenvalue weighted by atomic mass is 9.90. The Labute approximate surface area is 798 Å². The Bertz CT molecular complexity index is 5090. The minimum atomic E-state index is -4.06. The maximum absolute atomic E-state index is 14.2. The average Bonchev–Trinajstić information content (AvgIpc) is 0.823. The van der Waals surface area contributed by atoms with E-state index in [4.69, 9.17) is 28.7 Å². The van der Waals surface area contributed by atoms with Gasteiger partial charge < -0.3 is 49.9 Å². The van der Waals surface area contributed by atoms with Crippen LogP contribution in [-0.2, 0) is 122 Å². The number of rotatable bonds is 64. The van der Waals surface area contributed by atoms with E-state index in [2.05, 4.69) is 35.1 Å². The van der Waals surface area contributed by atoms with Crippen LogP contribution >= 0.6 is 0 Å². The maximum Gasteiger partial charge on any atom is 0.235 e. The molecule has 8 atom stereocenters. The minimum absolute atomic E-state index is 0.0188. The van der Waals surface area contributed by atoms with Crippen molar-refractivity contribution in [1.29, 1.82) is 0 Å². The molecule has 0 radical (unpaired) electrons. The number of Topliss-reactive ketones (excluding diaryl/α,β-unsaturated/α-hetero) is 4. The topological polar surface area (TPSA) is 464 Å². The third-order valence-corrected chi connectivity index (χ3v) is 30.1. The fraction of sp³-hybridized carbons (Fsp3) is 0.505. The quantitative estimate of drug-likeness (QED) is 0.0160. The van der Waals surface area contributed by atoms with Gasteiger partial charge in [-0.1, -0.05) is 260 Å². The molecule has 738 valence electrons. The van der Waals surface area contributed by atoms with E-state index in [9.17, 15) is 72.0 Å². The number of carbonyl (C=O) groups is 8. The van der Waals surface area contributed by atoms with E-state index in [0.29, 0.717) is 101 Å². The van der Waals surface area contributed by atoms with Crippen LogP contribution in [0.3, 0.4) is 0 Å². The van der Waals surface area contributed by atoms with Crippen molar-refractivity contribution in [2.24, 2.45) is 58.3 Å². The van der Waals surface area contributed by atoms with Gasteiger partial charge in [0, 0.05) is 95.9 Å². The van der Waals surface area contributed by atoms with Crippen LogP contribution in [0.5, 0.6) is 0 Å². The molecule has 0 aromatic heterocycles. The number of hydrogen-bond donors (Lipinski definition) is 9. The molecular formula is C101H149N13O16S4. The average molecular weight is 1930 g/mol. The summed E-state index contributed by atoms with van der Waals surface area (Å²) in [5.74, 6) is -4.48. The van der Waals surface area contributed by atoms with Crippen molar-refractivity contribution in [1.82, 2.24) is 38.5 Å². The monoisotopic (exact) mass is 1930 g/mol. The molecule has 33 heteroatoms. The summed E-state index contributed by atoms with van der Waals surface area (Å²) in [6.45, 7) is 12.9. The van der Waals surface area contributed by atoms with Crippen LogP contribution in [0.2, 0.25) is 0 Å². The fourth-order valence-corrected chi connectivity index (χ4v) is 21.8. The molecule has 7 rings (SSSR count). The van der Waals surface area contributed by atoms with Gasteiger partial charge in [-0.3, -0.25) is 38.4 Å². The number of benzene rings is 7. The molecule has 14 N–H and O–H groups in total. The van der Waals surface area contributed by atoms with Crippen molar-refractivity contribution >= 4 is 86.9 Å². The van der Waals surface area contributed by atoms with E-state index >= 15 is 0 Å². The van der Waals surface area contributed by atoms with Crippen LogP contribution < -0.4 is 49.9 Å². The van der Waals surface area contributed by atoms with Gasteiger partial charge in [-0.05, 0) is 167 Å². The molecule has 7 aromatic carbocycles. The number of likely N-dealkylation sites (N-methyl/N-ethyl adjacent to an activating group) is 2. The van der Waals surface area contributed by atoms with Gasteiger partial charge in [0.2, 0.25) is 63.7 Å². The number of ketones is 4. The standard InChI is InChI=1S/C44H65N5O5S.C29H45N5O6S2.C28H39N3O5S/c1-34(2)27-39(23-13-15-25-45)44(52)47-40(24-14-16-26-46)31-49(55(53,54)33-38-21-11-6-12-22-38)32-43(51)48-41(30-37-19-9-5-10-20-37)42(50)29-35(3)28-36-17-7-4-8-18-36;1-3-33(41(37,38)17-15-30)22-27(20-25-13-9-6-10-14-25)32-29(36)26(19-24-11-7-5-8-12-24)21-28(35)23-34(4-2)42(39,40)18-16-31;1-22(32)19-31(37(35,36)21-25-13-7-4-8-14-25)20-26(17-24-11-5-3-6-12-24)18-28(34)27(30-23(2)33)15-9-10-16-29/h4-12,17-22,34-35,39-41H,13-16,23-33,45-46H2,1-3H3,(H,47,52)(H,48,51);5-14,26-27H,3-4,15-23,30-31H2,1-2H3,(H,32,36);3-8,11-14,26-27H,9-10,15-21,29H2,1-2H3,(H,30,33). The van der Waals surface area contributed by atoms with Gasteiger partial charge in [0.25, 0.3) is 0 Å². The summed E-state index contributed by atoms with van der Waals surface area (Å²) < 4.78 is 111. The zero-order valence-corrected chi connectivity index (χ0v) is 82.8. The highest BCUT2D eigenvalue weighted by Crippen LogP contribution is 2.26.